The number of Topliss-reactive ketones (excluding diaryl/α,β-unsaturated/α-hetero) is 1. The van der Waals surface area contributed by atoms with Gasteiger partial charge >= 0.3 is 0 Å². The number of carbonyl (C=O) groups excluding carboxylic acids is 1. The highest BCUT2D eigenvalue weighted by Gasteiger charge is 2.45. The second-order valence-corrected chi connectivity index (χ2v) is 12.7. The Morgan fingerprint density at radius 1 is 1.02 bits per heavy atom. The van der Waals surface area contributed by atoms with Gasteiger partial charge in [0.2, 0.25) is 0 Å². The number of halogens is 1. The molecule has 204 valence electrons. The highest BCUT2D eigenvalue weighted by atomic mass is 32.2. The van der Waals surface area contributed by atoms with Crippen LogP contribution >= 0.6 is 11.8 Å². The van der Waals surface area contributed by atoms with Gasteiger partial charge in [-0.15, -0.1) is 11.8 Å². The fourth-order valence-corrected chi connectivity index (χ4v) is 6.95. The van der Waals surface area contributed by atoms with Crippen molar-refractivity contribution in [3.63, 3.8) is 0 Å². The number of carbonyl (C=O) groups is 1. The summed E-state index contributed by atoms with van der Waals surface area (Å²) >= 11 is 1.63. The largest absolute Gasteiger partial charge is 0.384 e. The number of rotatable bonds is 5. The average molecular weight is 552 g/mol. The maximum Gasteiger partial charge on any atom is 0.162 e. The summed E-state index contributed by atoms with van der Waals surface area (Å²) in [6, 6.07) is 21.1. The van der Waals surface area contributed by atoms with E-state index < -0.39 is 5.92 Å². The van der Waals surface area contributed by atoms with E-state index in [2.05, 4.69) is 39.0 Å². The molecule has 5 rings (SSSR count). The van der Waals surface area contributed by atoms with Crippen molar-refractivity contribution >= 4 is 23.2 Å². The molecule has 1 atom stereocenters. The molecule has 1 unspecified atom stereocenters. The van der Waals surface area contributed by atoms with E-state index in [-0.39, 0.29) is 17.0 Å². The van der Waals surface area contributed by atoms with Crippen molar-refractivity contribution in [2.75, 3.05) is 4.90 Å². The summed E-state index contributed by atoms with van der Waals surface area (Å²) in [6.07, 6.45) is 1.09. The first-order valence-electron chi connectivity index (χ1n) is 13.5. The van der Waals surface area contributed by atoms with Crippen LogP contribution in [0.4, 0.5) is 10.1 Å². The summed E-state index contributed by atoms with van der Waals surface area (Å²) < 4.78 is 13.4. The lowest BCUT2D eigenvalue weighted by atomic mass is 9.68. The number of ketones is 1. The molecule has 3 aromatic carbocycles. The molecule has 1 aliphatic carbocycles. The number of anilines is 1. The van der Waals surface area contributed by atoms with Gasteiger partial charge in [-0.05, 0) is 90.8 Å². The Balaban J connectivity index is 1.67. The topological polar surface area (TPSA) is 70.1 Å². The number of nitrogens with zero attached hydrogens (tertiary/aromatic N) is 2. The fourth-order valence-electron chi connectivity index (χ4n) is 5.98. The van der Waals surface area contributed by atoms with E-state index in [4.69, 9.17) is 5.73 Å². The molecular weight excluding hydrogens is 517 g/mol. The zero-order valence-corrected chi connectivity index (χ0v) is 24.5. The van der Waals surface area contributed by atoms with Crippen LogP contribution < -0.4 is 10.6 Å². The van der Waals surface area contributed by atoms with Crippen molar-refractivity contribution in [1.82, 2.24) is 0 Å². The summed E-state index contributed by atoms with van der Waals surface area (Å²) in [5, 5.41) is 10.5. The van der Waals surface area contributed by atoms with Crippen LogP contribution in [0.5, 0.6) is 0 Å². The smallest absolute Gasteiger partial charge is 0.162 e. The van der Waals surface area contributed by atoms with Gasteiger partial charge in [-0.1, -0.05) is 44.2 Å². The lowest BCUT2D eigenvalue weighted by Crippen LogP contribution is -2.42. The van der Waals surface area contributed by atoms with Crippen molar-refractivity contribution in [2.45, 2.75) is 64.0 Å². The van der Waals surface area contributed by atoms with Crippen molar-refractivity contribution in [3.8, 4) is 6.07 Å². The summed E-state index contributed by atoms with van der Waals surface area (Å²) in [4.78, 5) is 16.9. The molecule has 2 aliphatic rings. The van der Waals surface area contributed by atoms with E-state index >= 15 is 0 Å². The molecule has 0 fully saturated rings. The van der Waals surface area contributed by atoms with Gasteiger partial charge in [0, 0.05) is 28.3 Å². The molecular formula is C34H34FN3OS. The Morgan fingerprint density at radius 3 is 2.40 bits per heavy atom. The van der Waals surface area contributed by atoms with E-state index in [0.717, 1.165) is 44.1 Å². The van der Waals surface area contributed by atoms with Gasteiger partial charge in [0.05, 0.1) is 23.2 Å². The predicted molar refractivity (Wildman–Crippen MR) is 160 cm³/mol. The Morgan fingerprint density at radius 2 is 1.73 bits per heavy atom. The molecule has 0 radical (unpaired) electrons. The third-order valence-electron chi connectivity index (χ3n) is 7.98. The number of aryl methyl sites for hydroxylation is 3. The molecule has 0 saturated carbocycles. The van der Waals surface area contributed by atoms with Crippen LogP contribution in [0, 0.1) is 43.3 Å². The number of hydrogen-bond donors (Lipinski definition) is 1. The fraction of sp³-hybridized carbons (Fsp3) is 0.294. The molecule has 40 heavy (non-hydrogen) atoms. The van der Waals surface area contributed by atoms with Crippen LogP contribution in [-0.4, -0.2) is 5.78 Å². The molecule has 2 N–H and O–H groups in total. The first-order valence-corrected chi connectivity index (χ1v) is 14.5. The van der Waals surface area contributed by atoms with E-state index in [1.54, 1.807) is 23.9 Å². The first-order chi connectivity index (χ1) is 19.0. The van der Waals surface area contributed by atoms with E-state index in [0.29, 0.717) is 35.6 Å². The lowest BCUT2D eigenvalue weighted by Gasteiger charge is -2.44. The van der Waals surface area contributed by atoms with Crippen molar-refractivity contribution in [3.05, 3.63) is 117 Å². The molecule has 0 spiro atoms. The average Bonchev–Trinajstić information content (AvgIpc) is 2.89. The molecule has 4 nitrogen and oxygen atoms in total. The number of allylic oxidation sites excluding steroid dienone is 3. The van der Waals surface area contributed by atoms with Gasteiger partial charge in [0.25, 0.3) is 0 Å². The van der Waals surface area contributed by atoms with Gasteiger partial charge in [-0.3, -0.25) is 9.69 Å². The normalized spacial score (nSPS) is 18.6. The highest BCUT2D eigenvalue weighted by Crippen LogP contribution is 2.51. The second kappa shape index (κ2) is 10.6. The number of nitrogens with two attached hydrogens (primary N) is 1. The number of hydrogen-bond acceptors (Lipinski definition) is 5. The minimum absolute atomic E-state index is 0.0669. The molecule has 0 aromatic heterocycles. The Kier molecular flexibility index (Phi) is 7.37. The standard InChI is InChI=1S/C34H34FN3OS/c1-20-8-6-7-9-28(20)38-29-16-34(4,5)17-30(39)32(29)31(27(18-36)33(38)37)26-15-23(21(2)14-22(26)3)19-40-25-12-10-24(35)11-13-25/h6-15,31H,16-17,19,37H2,1-5H3. The van der Waals surface area contributed by atoms with Crippen LogP contribution in [0.2, 0.25) is 0 Å². The zero-order chi connectivity index (χ0) is 28.8. The van der Waals surface area contributed by atoms with Gasteiger partial charge in [-0.25, -0.2) is 4.39 Å². The Labute approximate surface area is 240 Å². The molecule has 0 amide bonds. The molecule has 6 heteroatoms. The Bertz CT molecular complexity index is 1610. The second-order valence-electron chi connectivity index (χ2n) is 11.6. The highest BCUT2D eigenvalue weighted by molar-refractivity contribution is 7.98. The Hall–Kier alpha value is -3.82. The lowest BCUT2D eigenvalue weighted by molar-refractivity contribution is -0.118. The van der Waals surface area contributed by atoms with Gasteiger partial charge in [0.15, 0.2) is 5.78 Å². The summed E-state index contributed by atoms with van der Waals surface area (Å²) in [5.41, 5.74) is 14.7. The maximum absolute atomic E-state index is 14.0. The monoisotopic (exact) mass is 551 g/mol. The molecule has 1 aliphatic heterocycles. The first kappa shape index (κ1) is 27.7. The molecule has 3 aromatic rings. The predicted octanol–water partition coefficient (Wildman–Crippen LogP) is 7.98. The molecule has 1 heterocycles. The van der Waals surface area contributed by atoms with Crippen LogP contribution in [0.25, 0.3) is 0 Å². The maximum atomic E-state index is 14.0. The minimum atomic E-state index is -0.529. The van der Waals surface area contributed by atoms with Gasteiger partial charge in [0.1, 0.15) is 11.6 Å². The number of para-hydroxylation sites is 1. The summed E-state index contributed by atoms with van der Waals surface area (Å²) in [5.74, 6) is 0.346. The summed E-state index contributed by atoms with van der Waals surface area (Å²) in [7, 11) is 0. The van der Waals surface area contributed by atoms with Crippen molar-refractivity contribution < 1.29 is 9.18 Å². The minimum Gasteiger partial charge on any atom is -0.384 e. The quantitative estimate of drug-likeness (QED) is 0.326. The van der Waals surface area contributed by atoms with Crippen LogP contribution in [0.15, 0.2) is 88.2 Å². The molecule has 0 bridgehead atoms. The van der Waals surface area contributed by atoms with E-state index in [9.17, 15) is 14.4 Å². The molecule has 0 saturated heterocycles. The number of benzene rings is 3. The summed E-state index contributed by atoms with van der Waals surface area (Å²) in [6.45, 7) is 10.4. The van der Waals surface area contributed by atoms with Crippen LogP contribution in [0.3, 0.4) is 0 Å². The van der Waals surface area contributed by atoms with E-state index in [1.807, 2.05) is 43.0 Å². The van der Waals surface area contributed by atoms with Crippen LogP contribution in [-0.2, 0) is 10.5 Å². The van der Waals surface area contributed by atoms with E-state index in [1.165, 1.54) is 12.1 Å². The van der Waals surface area contributed by atoms with Crippen molar-refractivity contribution in [2.24, 2.45) is 11.1 Å². The van der Waals surface area contributed by atoms with Gasteiger partial charge in [-0.2, -0.15) is 5.26 Å². The third-order valence-corrected chi connectivity index (χ3v) is 9.04. The zero-order valence-electron chi connectivity index (χ0n) is 23.6. The number of nitriles is 1. The van der Waals surface area contributed by atoms with Gasteiger partial charge < -0.3 is 5.73 Å². The van der Waals surface area contributed by atoms with Crippen LogP contribution in [0.1, 0.15) is 60.4 Å². The van der Waals surface area contributed by atoms with Crippen molar-refractivity contribution in [1.29, 1.82) is 5.26 Å². The number of thioether (sulfide) groups is 1. The third kappa shape index (κ3) is 5.07. The SMILES string of the molecule is Cc1cc(C)c(C2C(C#N)=C(N)N(c3ccccc3C)C3=C2C(=O)CC(C)(C)C3)cc1CSc1ccc(F)cc1.